The van der Waals surface area contributed by atoms with E-state index >= 15 is 0 Å². The molecule has 0 unspecified atom stereocenters. The van der Waals surface area contributed by atoms with Gasteiger partial charge in [0.05, 0.1) is 5.69 Å². The molecule has 2 aromatic carbocycles. The van der Waals surface area contributed by atoms with Crippen molar-refractivity contribution in [3.63, 3.8) is 0 Å². The van der Waals surface area contributed by atoms with E-state index in [1.807, 2.05) is 56.3 Å². The van der Waals surface area contributed by atoms with Crippen LogP contribution in [0.15, 0.2) is 65.7 Å². The zero-order chi connectivity index (χ0) is 24.9. The normalized spacial score (nSPS) is 17.9. The molecule has 184 valence electrons. The third-order valence-electron chi connectivity index (χ3n) is 6.62. The fraction of sp³-hybridized carbons (Fsp3) is 0.393. The topological polar surface area (TPSA) is 75.4 Å². The van der Waals surface area contributed by atoms with Crippen LogP contribution < -0.4 is 4.90 Å². The average molecular weight is 492 g/mol. The number of hydrogen-bond acceptors (Lipinski definition) is 4. The number of carbonyl (C=O) groups is 2. The summed E-state index contributed by atoms with van der Waals surface area (Å²) in [4.78, 5) is 28.4. The minimum Gasteiger partial charge on any atom is -0.477 e. The number of carbonyl (C=O) groups excluding carboxylic acids is 1. The molecule has 0 aliphatic heterocycles. The van der Waals surface area contributed by atoms with Gasteiger partial charge in [-0.15, -0.1) is 16.9 Å². The molecule has 0 bridgehead atoms. The molecule has 1 heterocycles. The van der Waals surface area contributed by atoms with Crippen LogP contribution in [0.1, 0.15) is 62.4 Å². The highest BCUT2D eigenvalue weighted by molar-refractivity contribution is 7.98. The maximum absolute atomic E-state index is 13.5. The van der Waals surface area contributed by atoms with Gasteiger partial charge in [-0.05, 0) is 75.3 Å². The lowest BCUT2D eigenvalue weighted by atomic mass is 9.82. The second kappa shape index (κ2) is 11.1. The van der Waals surface area contributed by atoms with Crippen LogP contribution in [0.2, 0.25) is 0 Å². The maximum Gasteiger partial charge on any atom is 0.341 e. The Balaban J connectivity index is 1.56. The monoisotopic (exact) mass is 491 g/mol. The average Bonchev–Trinajstić information content (AvgIpc) is 3.29. The van der Waals surface area contributed by atoms with Crippen molar-refractivity contribution in [2.24, 2.45) is 11.8 Å². The highest BCUT2D eigenvalue weighted by atomic mass is 32.2. The lowest BCUT2D eigenvalue weighted by molar-refractivity contribution is -0.123. The summed E-state index contributed by atoms with van der Waals surface area (Å²) in [6, 6.07) is 18.0. The number of carboxylic acid groups (broad SMARTS) is 1. The van der Waals surface area contributed by atoms with Crippen LogP contribution in [0.25, 0.3) is 5.69 Å². The number of carboxylic acids is 1. The number of hydrogen-bond donors (Lipinski definition) is 1. The molecular weight excluding hydrogens is 458 g/mol. The molecule has 1 aromatic heterocycles. The van der Waals surface area contributed by atoms with Gasteiger partial charge >= 0.3 is 5.97 Å². The van der Waals surface area contributed by atoms with Crippen molar-refractivity contribution in [3.05, 3.63) is 71.9 Å². The van der Waals surface area contributed by atoms with Crippen molar-refractivity contribution in [2.75, 3.05) is 4.90 Å². The minimum absolute atomic E-state index is 0.0204. The number of rotatable bonds is 8. The first-order chi connectivity index (χ1) is 16.8. The van der Waals surface area contributed by atoms with Crippen molar-refractivity contribution in [1.29, 1.82) is 0 Å². The predicted molar refractivity (Wildman–Crippen MR) is 140 cm³/mol. The Hall–Kier alpha value is -3.06. The Kier molecular flexibility index (Phi) is 7.96. The SMILES string of the molecule is CC(C)N(c1nn(-c2ccc(CSc3ccccc3)cc2)cc1C(=O)O)C(=O)[C@H]1CC[C@H](C)CC1. The quantitative estimate of drug-likeness (QED) is 0.368. The van der Waals surface area contributed by atoms with Gasteiger partial charge in [0.1, 0.15) is 5.56 Å². The first-order valence-electron chi connectivity index (χ1n) is 12.3. The molecule has 7 heteroatoms. The molecule has 0 radical (unpaired) electrons. The van der Waals surface area contributed by atoms with E-state index in [9.17, 15) is 14.7 Å². The zero-order valence-electron chi connectivity index (χ0n) is 20.6. The van der Waals surface area contributed by atoms with Gasteiger partial charge in [0.25, 0.3) is 0 Å². The number of benzene rings is 2. The van der Waals surface area contributed by atoms with Gasteiger partial charge < -0.3 is 5.11 Å². The Morgan fingerprint density at radius 2 is 1.71 bits per heavy atom. The summed E-state index contributed by atoms with van der Waals surface area (Å²) in [5.41, 5.74) is 1.97. The molecule has 0 atom stereocenters. The van der Waals surface area contributed by atoms with E-state index in [1.165, 1.54) is 16.7 Å². The molecule has 0 spiro atoms. The van der Waals surface area contributed by atoms with E-state index in [4.69, 9.17) is 0 Å². The second-order valence-electron chi connectivity index (χ2n) is 9.64. The van der Waals surface area contributed by atoms with Crippen LogP contribution >= 0.6 is 11.8 Å². The standard InChI is InChI=1S/C28H33N3O3S/c1-19(2)31(27(32)22-13-9-20(3)10-14-22)26-25(28(33)34)17-30(29-26)23-15-11-21(12-16-23)18-35-24-7-5-4-6-8-24/h4-8,11-12,15-17,19-20,22H,9-10,13-14,18H2,1-3H3,(H,33,34)/t20-,22-. The summed E-state index contributed by atoms with van der Waals surface area (Å²) >= 11 is 1.77. The van der Waals surface area contributed by atoms with E-state index in [-0.39, 0.29) is 29.2 Å². The maximum atomic E-state index is 13.5. The number of thioether (sulfide) groups is 1. The highest BCUT2D eigenvalue weighted by Crippen LogP contribution is 2.33. The minimum atomic E-state index is -1.09. The summed E-state index contributed by atoms with van der Waals surface area (Å²) in [5.74, 6) is 0.506. The van der Waals surface area contributed by atoms with E-state index in [2.05, 4.69) is 24.2 Å². The molecule has 1 aliphatic carbocycles. The molecule has 1 saturated carbocycles. The summed E-state index contributed by atoms with van der Waals surface area (Å²) in [6.07, 6.45) is 5.25. The third kappa shape index (κ3) is 5.96. The van der Waals surface area contributed by atoms with Crippen LogP contribution in [0.4, 0.5) is 5.82 Å². The van der Waals surface area contributed by atoms with Crippen LogP contribution in [0.5, 0.6) is 0 Å². The number of nitrogens with zero attached hydrogens (tertiary/aromatic N) is 3. The first-order valence-corrected chi connectivity index (χ1v) is 13.2. The van der Waals surface area contributed by atoms with Gasteiger partial charge in [-0.3, -0.25) is 9.69 Å². The van der Waals surface area contributed by atoms with Gasteiger partial charge in [0.2, 0.25) is 5.91 Å². The molecule has 6 nitrogen and oxygen atoms in total. The summed E-state index contributed by atoms with van der Waals surface area (Å²) in [5, 5.41) is 14.5. The molecule has 3 aromatic rings. The van der Waals surface area contributed by atoms with E-state index < -0.39 is 5.97 Å². The fourth-order valence-corrected chi connectivity index (χ4v) is 5.44. The molecule has 4 rings (SSSR count). The number of anilines is 1. The van der Waals surface area contributed by atoms with Crippen molar-refractivity contribution in [3.8, 4) is 5.69 Å². The van der Waals surface area contributed by atoms with Gasteiger partial charge in [-0.2, -0.15) is 0 Å². The zero-order valence-corrected chi connectivity index (χ0v) is 21.4. The van der Waals surface area contributed by atoms with Crippen molar-refractivity contribution in [2.45, 2.75) is 63.1 Å². The molecule has 1 N–H and O–H groups in total. The molecular formula is C28H33N3O3S. The molecule has 35 heavy (non-hydrogen) atoms. The Morgan fingerprint density at radius 3 is 2.31 bits per heavy atom. The summed E-state index contributed by atoms with van der Waals surface area (Å²) < 4.78 is 1.57. The lowest BCUT2D eigenvalue weighted by Gasteiger charge is -2.32. The lowest BCUT2D eigenvalue weighted by Crippen LogP contribution is -2.43. The highest BCUT2D eigenvalue weighted by Gasteiger charge is 2.34. The summed E-state index contributed by atoms with van der Waals surface area (Å²) in [6.45, 7) is 6.04. The van der Waals surface area contributed by atoms with E-state index in [1.54, 1.807) is 21.3 Å². The fourth-order valence-electron chi connectivity index (χ4n) is 4.56. The largest absolute Gasteiger partial charge is 0.477 e. The van der Waals surface area contributed by atoms with Gasteiger partial charge in [0, 0.05) is 28.8 Å². The van der Waals surface area contributed by atoms with Crippen LogP contribution in [-0.2, 0) is 10.5 Å². The molecule has 1 amide bonds. The van der Waals surface area contributed by atoms with E-state index in [0.29, 0.717) is 5.92 Å². The van der Waals surface area contributed by atoms with Gasteiger partial charge in [0.15, 0.2) is 5.82 Å². The van der Waals surface area contributed by atoms with E-state index in [0.717, 1.165) is 37.1 Å². The number of aromatic nitrogens is 2. The van der Waals surface area contributed by atoms with Gasteiger partial charge in [-0.25, -0.2) is 9.48 Å². The van der Waals surface area contributed by atoms with Crippen LogP contribution in [0, 0.1) is 11.8 Å². The third-order valence-corrected chi connectivity index (χ3v) is 7.71. The van der Waals surface area contributed by atoms with Crippen molar-refractivity contribution in [1.82, 2.24) is 9.78 Å². The summed E-state index contributed by atoms with van der Waals surface area (Å²) in [7, 11) is 0. The van der Waals surface area contributed by atoms with Crippen LogP contribution in [0.3, 0.4) is 0 Å². The number of amides is 1. The Labute approximate surface area is 211 Å². The van der Waals surface area contributed by atoms with Crippen molar-refractivity contribution >= 4 is 29.5 Å². The smallest absolute Gasteiger partial charge is 0.341 e. The van der Waals surface area contributed by atoms with Crippen molar-refractivity contribution < 1.29 is 14.7 Å². The molecule has 1 fully saturated rings. The predicted octanol–water partition coefficient (Wildman–Crippen LogP) is 6.43. The first kappa shape index (κ1) is 25.0. The van der Waals surface area contributed by atoms with Gasteiger partial charge in [-0.1, -0.05) is 37.3 Å². The second-order valence-corrected chi connectivity index (χ2v) is 10.7. The number of aromatic carboxylic acids is 1. The molecule has 1 aliphatic rings. The Bertz CT molecular complexity index is 1150. The molecule has 0 saturated heterocycles. The Morgan fingerprint density at radius 1 is 1.06 bits per heavy atom. The van der Waals surface area contributed by atoms with Crippen LogP contribution in [-0.4, -0.2) is 32.8 Å².